The Morgan fingerprint density at radius 1 is 0.815 bits per heavy atom. The molecule has 2 aliphatic rings. The first-order chi connectivity index (χ1) is 26.2. The molecule has 0 saturated carbocycles. The van der Waals surface area contributed by atoms with Gasteiger partial charge in [-0.1, -0.05) is 79.7 Å². The van der Waals surface area contributed by atoms with Gasteiger partial charge in [0.25, 0.3) is 11.8 Å². The molecule has 278 valence electrons. The zero-order valence-electron chi connectivity index (χ0n) is 30.5. The van der Waals surface area contributed by atoms with E-state index in [1.807, 2.05) is 24.3 Å². The quantitative estimate of drug-likeness (QED) is 0.0839. The summed E-state index contributed by atoms with van der Waals surface area (Å²) in [7, 11) is 1.74. The van der Waals surface area contributed by atoms with E-state index in [0.29, 0.717) is 32.0 Å². The number of ether oxygens (including phenoxy) is 2. The van der Waals surface area contributed by atoms with Crippen LogP contribution in [0.25, 0.3) is 11.1 Å². The van der Waals surface area contributed by atoms with Crippen molar-refractivity contribution in [1.82, 2.24) is 15.1 Å². The molecular weight excluding hydrogens is 684 g/mol. The van der Waals surface area contributed by atoms with Crippen LogP contribution in [0.5, 0.6) is 5.75 Å². The fraction of sp³-hybridized carbons (Fsp3) is 0.279. The van der Waals surface area contributed by atoms with Gasteiger partial charge in [0.15, 0.2) is 0 Å². The number of nitrogens with one attached hydrogen (secondary N) is 2. The Balaban J connectivity index is 0.920. The highest BCUT2D eigenvalue weighted by Gasteiger charge is 2.44. The molecule has 54 heavy (non-hydrogen) atoms. The van der Waals surface area contributed by atoms with E-state index in [1.54, 1.807) is 30.1 Å². The summed E-state index contributed by atoms with van der Waals surface area (Å²) >= 11 is 0. The number of anilines is 1. The monoisotopic (exact) mass is 728 g/mol. The van der Waals surface area contributed by atoms with Gasteiger partial charge in [0.05, 0.1) is 37.3 Å². The van der Waals surface area contributed by atoms with Crippen LogP contribution in [0, 0.1) is 0 Å². The number of hydrogen-bond acceptors (Lipinski definition) is 8. The lowest BCUT2D eigenvalue weighted by Gasteiger charge is -2.27. The standard InChI is InChI=1S/C43H44N4O7/c1-3-34(29-10-6-4-7-11-29)40(30-12-8-5-9-13-30)31-14-17-33(18-15-31)54-27-24-46(2)39(49)22-25-53-26-23-44-32-16-19-35-36(28-32)43(52)47(42(35)51)37-20-21-38(48)45-41(37)50/h4-19,28,37,44H,3,20-27H2,1-2H3,(H,45,48,50). The minimum absolute atomic E-state index is 0.0603. The summed E-state index contributed by atoms with van der Waals surface area (Å²) in [6, 6.07) is 32.8. The van der Waals surface area contributed by atoms with Crippen LogP contribution in [0.15, 0.2) is 103 Å². The van der Waals surface area contributed by atoms with Gasteiger partial charge in [-0.25, -0.2) is 0 Å². The molecule has 11 heteroatoms. The van der Waals surface area contributed by atoms with Crippen molar-refractivity contribution in [1.29, 1.82) is 0 Å². The van der Waals surface area contributed by atoms with E-state index in [2.05, 4.69) is 78.2 Å². The highest BCUT2D eigenvalue weighted by atomic mass is 16.5. The van der Waals surface area contributed by atoms with Crippen molar-refractivity contribution in [3.63, 3.8) is 0 Å². The Morgan fingerprint density at radius 3 is 2.17 bits per heavy atom. The number of imide groups is 2. The Bertz CT molecular complexity index is 2030. The lowest BCUT2D eigenvalue weighted by Crippen LogP contribution is -2.54. The van der Waals surface area contributed by atoms with E-state index in [-0.39, 0.29) is 42.9 Å². The molecule has 0 spiro atoms. The van der Waals surface area contributed by atoms with Gasteiger partial charge < -0.3 is 19.7 Å². The molecule has 5 amide bonds. The van der Waals surface area contributed by atoms with Crippen LogP contribution >= 0.6 is 0 Å². The average molecular weight is 729 g/mol. The molecule has 6 rings (SSSR count). The molecule has 2 N–H and O–H groups in total. The number of allylic oxidation sites excluding steroid dienone is 1. The molecule has 0 aromatic heterocycles. The molecule has 2 heterocycles. The molecule has 1 atom stereocenters. The van der Waals surface area contributed by atoms with Crippen LogP contribution in [-0.4, -0.2) is 85.3 Å². The molecule has 2 aliphatic heterocycles. The topological polar surface area (TPSA) is 134 Å². The normalized spacial score (nSPS) is 15.7. The third-order valence-electron chi connectivity index (χ3n) is 9.58. The Labute approximate surface area is 314 Å². The van der Waals surface area contributed by atoms with Gasteiger partial charge in [0.1, 0.15) is 18.4 Å². The Morgan fingerprint density at radius 2 is 1.48 bits per heavy atom. The number of benzene rings is 4. The summed E-state index contributed by atoms with van der Waals surface area (Å²) in [5, 5.41) is 5.35. The van der Waals surface area contributed by atoms with Crippen molar-refractivity contribution in [2.45, 2.75) is 38.6 Å². The third-order valence-corrected chi connectivity index (χ3v) is 9.58. The summed E-state index contributed by atoms with van der Waals surface area (Å²) in [6.45, 7) is 3.91. The number of amides is 5. The first-order valence-corrected chi connectivity index (χ1v) is 18.2. The van der Waals surface area contributed by atoms with Crippen molar-refractivity contribution < 1.29 is 33.4 Å². The lowest BCUT2D eigenvalue weighted by molar-refractivity contribution is -0.136. The SMILES string of the molecule is CCC(=C(c1ccccc1)c1ccc(OCCN(C)C(=O)CCOCCNc2ccc3c(c2)C(=O)N(C2CCC(=O)NC2=O)C3=O)cc1)c1ccccc1. The number of rotatable bonds is 16. The van der Waals surface area contributed by atoms with Gasteiger partial charge in [0.2, 0.25) is 17.7 Å². The van der Waals surface area contributed by atoms with Gasteiger partial charge in [-0.05, 0) is 71.0 Å². The number of nitrogens with zero attached hydrogens (tertiary/aromatic N) is 2. The van der Waals surface area contributed by atoms with Crippen molar-refractivity contribution in [3.8, 4) is 5.75 Å². The summed E-state index contributed by atoms with van der Waals surface area (Å²) in [5.74, 6) is -1.51. The van der Waals surface area contributed by atoms with Crippen LogP contribution in [0.3, 0.4) is 0 Å². The zero-order chi connectivity index (χ0) is 38.0. The predicted octanol–water partition coefficient (Wildman–Crippen LogP) is 5.81. The number of carbonyl (C=O) groups is 5. The zero-order valence-corrected chi connectivity index (χ0v) is 30.5. The van der Waals surface area contributed by atoms with Crippen molar-refractivity contribution in [2.24, 2.45) is 0 Å². The summed E-state index contributed by atoms with van der Waals surface area (Å²) < 4.78 is 11.7. The second kappa shape index (κ2) is 17.6. The van der Waals surface area contributed by atoms with Crippen LogP contribution < -0.4 is 15.4 Å². The predicted molar refractivity (Wildman–Crippen MR) is 206 cm³/mol. The van der Waals surface area contributed by atoms with E-state index in [0.717, 1.165) is 28.2 Å². The Hall–Kier alpha value is -6.07. The molecule has 0 aliphatic carbocycles. The molecule has 4 aromatic rings. The molecule has 1 unspecified atom stereocenters. The fourth-order valence-corrected chi connectivity index (χ4v) is 6.73. The summed E-state index contributed by atoms with van der Waals surface area (Å²) in [6.07, 6.45) is 1.26. The summed E-state index contributed by atoms with van der Waals surface area (Å²) in [4.78, 5) is 65.0. The lowest BCUT2D eigenvalue weighted by atomic mass is 9.88. The molecular formula is C43H44N4O7. The van der Waals surface area contributed by atoms with Gasteiger partial charge >= 0.3 is 0 Å². The highest BCUT2D eigenvalue weighted by Crippen LogP contribution is 2.35. The maximum absolute atomic E-state index is 13.1. The number of hydrogen-bond donors (Lipinski definition) is 2. The largest absolute Gasteiger partial charge is 0.492 e. The molecule has 4 aromatic carbocycles. The Kier molecular flexibility index (Phi) is 12.3. The average Bonchev–Trinajstić information content (AvgIpc) is 3.43. The van der Waals surface area contributed by atoms with E-state index < -0.39 is 29.7 Å². The molecule has 0 bridgehead atoms. The van der Waals surface area contributed by atoms with E-state index >= 15 is 0 Å². The van der Waals surface area contributed by atoms with Crippen molar-refractivity contribution >= 4 is 46.4 Å². The maximum atomic E-state index is 13.1. The maximum Gasteiger partial charge on any atom is 0.262 e. The van der Waals surface area contributed by atoms with E-state index in [4.69, 9.17) is 9.47 Å². The second-order valence-electron chi connectivity index (χ2n) is 13.1. The van der Waals surface area contributed by atoms with Gasteiger partial charge in [-0.2, -0.15) is 0 Å². The first kappa shape index (κ1) is 37.7. The van der Waals surface area contributed by atoms with Crippen LogP contribution in [0.4, 0.5) is 5.69 Å². The smallest absolute Gasteiger partial charge is 0.262 e. The fourth-order valence-electron chi connectivity index (χ4n) is 6.73. The van der Waals surface area contributed by atoms with Gasteiger partial charge in [-0.3, -0.25) is 34.2 Å². The van der Waals surface area contributed by atoms with Crippen molar-refractivity contribution in [3.05, 3.63) is 131 Å². The highest BCUT2D eigenvalue weighted by molar-refractivity contribution is 6.23. The minimum atomic E-state index is -1.01. The molecule has 1 fully saturated rings. The number of piperidine rings is 1. The van der Waals surface area contributed by atoms with Crippen molar-refractivity contribution in [2.75, 3.05) is 45.3 Å². The number of carbonyl (C=O) groups excluding carboxylic acids is 5. The first-order valence-electron chi connectivity index (χ1n) is 18.2. The van der Waals surface area contributed by atoms with Gasteiger partial charge in [-0.15, -0.1) is 0 Å². The number of fused-ring (bicyclic) bond motifs is 1. The number of likely N-dealkylation sites (N-methyl/N-ethyl adjacent to an activating group) is 1. The minimum Gasteiger partial charge on any atom is -0.492 e. The molecule has 1 saturated heterocycles. The van der Waals surface area contributed by atoms with E-state index in [9.17, 15) is 24.0 Å². The van der Waals surface area contributed by atoms with Crippen LogP contribution in [0.2, 0.25) is 0 Å². The van der Waals surface area contributed by atoms with E-state index in [1.165, 1.54) is 16.7 Å². The molecule has 0 radical (unpaired) electrons. The third kappa shape index (κ3) is 8.75. The van der Waals surface area contributed by atoms with Crippen LogP contribution in [0.1, 0.15) is 70.0 Å². The molecule has 11 nitrogen and oxygen atoms in total. The second-order valence-corrected chi connectivity index (χ2v) is 13.1. The van der Waals surface area contributed by atoms with Crippen LogP contribution in [-0.2, 0) is 19.1 Å². The van der Waals surface area contributed by atoms with Gasteiger partial charge in [0, 0.05) is 25.7 Å². The summed E-state index contributed by atoms with van der Waals surface area (Å²) in [5.41, 5.74) is 6.95.